The molecule has 0 saturated heterocycles. The van der Waals surface area contributed by atoms with Gasteiger partial charge >= 0.3 is 0 Å². The zero-order chi connectivity index (χ0) is 10.4. The highest BCUT2D eigenvalue weighted by Crippen LogP contribution is 2.11. The van der Waals surface area contributed by atoms with Crippen LogP contribution in [0.3, 0.4) is 0 Å². The first kappa shape index (κ1) is 10.7. The lowest BCUT2D eigenvalue weighted by Gasteiger charge is -2.08. The molecule has 0 radical (unpaired) electrons. The smallest absolute Gasteiger partial charge is 0.239 e. The van der Waals surface area contributed by atoms with Gasteiger partial charge < -0.3 is 5.32 Å². The number of aromatic nitrogens is 2. The fourth-order valence-corrected chi connectivity index (χ4v) is 1.07. The van der Waals surface area contributed by atoms with Crippen molar-refractivity contribution in [2.24, 2.45) is 5.84 Å². The Labute approximate surface area is 84.1 Å². The molecular formula is C9H17N5. The molecule has 5 heteroatoms. The van der Waals surface area contributed by atoms with Crippen LogP contribution >= 0.6 is 0 Å². The summed E-state index contributed by atoms with van der Waals surface area (Å²) in [5, 5.41) is 3.24. The van der Waals surface area contributed by atoms with Crippen LogP contribution in [0, 0.1) is 6.92 Å². The standard InChI is InChI=1S/C9H17N5/c1-3-4-5-11-8-7(2)6-12-9(13-8)14-10/h6H,3-5,10H2,1-2H3,(H2,11,12,13,14). The van der Waals surface area contributed by atoms with Gasteiger partial charge in [-0.05, 0) is 13.3 Å². The van der Waals surface area contributed by atoms with Crippen molar-refractivity contribution in [1.82, 2.24) is 9.97 Å². The number of rotatable bonds is 5. The third kappa shape index (κ3) is 2.85. The number of nitrogens with two attached hydrogens (primary N) is 1. The van der Waals surface area contributed by atoms with Gasteiger partial charge in [0.25, 0.3) is 0 Å². The third-order valence-corrected chi connectivity index (χ3v) is 1.92. The fourth-order valence-electron chi connectivity index (χ4n) is 1.07. The van der Waals surface area contributed by atoms with Gasteiger partial charge in [0.05, 0.1) is 0 Å². The maximum absolute atomic E-state index is 5.22. The number of aryl methyl sites for hydroxylation is 1. The van der Waals surface area contributed by atoms with Gasteiger partial charge in [-0.15, -0.1) is 0 Å². The van der Waals surface area contributed by atoms with Gasteiger partial charge in [0, 0.05) is 18.3 Å². The van der Waals surface area contributed by atoms with Crippen molar-refractivity contribution < 1.29 is 0 Å². The predicted octanol–water partition coefficient (Wildman–Crippen LogP) is 1.28. The number of hydrogen-bond acceptors (Lipinski definition) is 5. The number of hydrazine groups is 1. The largest absolute Gasteiger partial charge is 0.370 e. The Morgan fingerprint density at radius 3 is 2.93 bits per heavy atom. The second-order valence-corrected chi connectivity index (χ2v) is 3.15. The van der Waals surface area contributed by atoms with E-state index in [9.17, 15) is 0 Å². The van der Waals surface area contributed by atoms with Crippen molar-refractivity contribution in [1.29, 1.82) is 0 Å². The number of hydrogen-bond donors (Lipinski definition) is 3. The Morgan fingerprint density at radius 1 is 1.50 bits per heavy atom. The van der Waals surface area contributed by atoms with Gasteiger partial charge in [0.1, 0.15) is 5.82 Å². The monoisotopic (exact) mass is 195 g/mol. The quantitative estimate of drug-likeness (QED) is 0.375. The van der Waals surface area contributed by atoms with Crippen LogP contribution in [-0.2, 0) is 0 Å². The maximum Gasteiger partial charge on any atom is 0.239 e. The molecule has 0 aromatic carbocycles. The minimum absolute atomic E-state index is 0.439. The van der Waals surface area contributed by atoms with Crippen LogP contribution in [0.2, 0.25) is 0 Å². The van der Waals surface area contributed by atoms with Crippen molar-refractivity contribution in [2.45, 2.75) is 26.7 Å². The number of nitrogens with zero attached hydrogens (tertiary/aromatic N) is 2. The summed E-state index contributed by atoms with van der Waals surface area (Å²) in [5.74, 6) is 6.51. The topological polar surface area (TPSA) is 75.9 Å². The zero-order valence-corrected chi connectivity index (χ0v) is 8.67. The van der Waals surface area contributed by atoms with E-state index < -0.39 is 0 Å². The molecule has 0 amide bonds. The molecule has 1 rings (SSSR count). The zero-order valence-electron chi connectivity index (χ0n) is 8.67. The molecule has 1 aromatic rings. The SMILES string of the molecule is CCCCNc1nc(NN)ncc1C. The molecule has 0 unspecified atom stereocenters. The minimum Gasteiger partial charge on any atom is -0.370 e. The van der Waals surface area contributed by atoms with E-state index in [4.69, 9.17) is 5.84 Å². The first-order valence-electron chi connectivity index (χ1n) is 4.82. The summed E-state index contributed by atoms with van der Waals surface area (Å²) in [6.45, 7) is 5.05. The highest BCUT2D eigenvalue weighted by Gasteiger charge is 2.01. The Kier molecular flexibility index (Phi) is 4.12. The van der Waals surface area contributed by atoms with Crippen LogP contribution in [0.4, 0.5) is 11.8 Å². The minimum atomic E-state index is 0.439. The van der Waals surface area contributed by atoms with Gasteiger partial charge in [-0.3, -0.25) is 5.43 Å². The molecule has 5 nitrogen and oxygen atoms in total. The van der Waals surface area contributed by atoms with Crippen molar-refractivity contribution in [3.63, 3.8) is 0 Å². The molecule has 0 aliphatic carbocycles. The lowest BCUT2D eigenvalue weighted by Crippen LogP contribution is -2.13. The normalized spacial score (nSPS) is 9.93. The Balaban J connectivity index is 2.64. The molecule has 1 aromatic heterocycles. The van der Waals surface area contributed by atoms with Crippen molar-refractivity contribution >= 4 is 11.8 Å². The molecule has 0 bridgehead atoms. The lowest BCUT2D eigenvalue weighted by atomic mass is 10.3. The molecule has 0 fully saturated rings. The third-order valence-electron chi connectivity index (χ3n) is 1.92. The van der Waals surface area contributed by atoms with Crippen LogP contribution < -0.4 is 16.6 Å². The van der Waals surface area contributed by atoms with Crippen molar-refractivity contribution in [3.05, 3.63) is 11.8 Å². The summed E-state index contributed by atoms with van der Waals surface area (Å²) in [4.78, 5) is 8.20. The molecule has 0 aliphatic rings. The number of nitrogen functional groups attached to an aromatic ring is 1. The maximum atomic E-state index is 5.22. The second kappa shape index (κ2) is 5.39. The van der Waals surface area contributed by atoms with Gasteiger partial charge in [0.15, 0.2) is 0 Å². The number of nitrogens with one attached hydrogen (secondary N) is 2. The average molecular weight is 195 g/mol. The van der Waals surface area contributed by atoms with E-state index in [-0.39, 0.29) is 0 Å². The van der Waals surface area contributed by atoms with Crippen molar-refractivity contribution in [2.75, 3.05) is 17.3 Å². The van der Waals surface area contributed by atoms with Gasteiger partial charge in [-0.25, -0.2) is 10.8 Å². The Bertz CT molecular complexity index is 287. The van der Waals surface area contributed by atoms with Gasteiger partial charge in [-0.1, -0.05) is 13.3 Å². The summed E-state index contributed by atoms with van der Waals surface area (Å²) in [7, 11) is 0. The number of unbranched alkanes of at least 4 members (excludes halogenated alkanes) is 1. The molecule has 0 spiro atoms. The Hall–Kier alpha value is -1.36. The van der Waals surface area contributed by atoms with E-state index in [0.29, 0.717) is 5.95 Å². The molecule has 4 N–H and O–H groups in total. The van der Waals surface area contributed by atoms with Crippen LogP contribution in [0.15, 0.2) is 6.20 Å². The molecule has 1 heterocycles. The fraction of sp³-hybridized carbons (Fsp3) is 0.556. The summed E-state index contributed by atoms with van der Waals surface area (Å²) >= 11 is 0. The lowest BCUT2D eigenvalue weighted by molar-refractivity contribution is 0.829. The second-order valence-electron chi connectivity index (χ2n) is 3.15. The highest BCUT2D eigenvalue weighted by molar-refractivity contribution is 5.45. The van der Waals surface area contributed by atoms with Gasteiger partial charge in [0.2, 0.25) is 5.95 Å². The molecular weight excluding hydrogens is 178 g/mol. The summed E-state index contributed by atoms with van der Waals surface area (Å²) in [6, 6.07) is 0. The summed E-state index contributed by atoms with van der Waals surface area (Å²) in [6.07, 6.45) is 4.05. The first-order chi connectivity index (χ1) is 6.77. The van der Waals surface area contributed by atoms with E-state index in [1.807, 2.05) is 6.92 Å². The van der Waals surface area contributed by atoms with Crippen LogP contribution in [0.25, 0.3) is 0 Å². The van der Waals surface area contributed by atoms with E-state index >= 15 is 0 Å². The van der Waals surface area contributed by atoms with E-state index in [1.165, 1.54) is 6.42 Å². The molecule has 78 valence electrons. The average Bonchev–Trinajstić information content (AvgIpc) is 2.21. The van der Waals surface area contributed by atoms with E-state index in [1.54, 1.807) is 6.20 Å². The molecule has 0 aliphatic heterocycles. The molecule has 14 heavy (non-hydrogen) atoms. The van der Waals surface area contributed by atoms with Crippen LogP contribution in [0.5, 0.6) is 0 Å². The first-order valence-corrected chi connectivity index (χ1v) is 4.82. The molecule has 0 atom stereocenters. The van der Waals surface area contributed by atoms with Crippen LogP contribution in [0.1, 0.15) is 25.3 Å². The molecule has 0 saturated carbocycles. The summed E-state index contributed by atoms with van der Waals surface area (Å²) in [5.41, 5.74) is 3.45. The van der Waals surface area contributed by atoms with E-state index in [2.05, 4.69) is 27.6 Å². The number of anilines is 2. The van der Waals surface area contributed by atoms with Crippen molar-refractivity contribution in [3.8, 4) is 0 Å². The Morgan fingerprint density at radius 2 is 2.29 bits per heavy atom. The van der Waals surface area contributed by atoms with E-state index in [0.717, 1.165) is 24.3 Å². The van der Waals surface area contributed by atoms with Crippen LogP contribution in [-0.4, -0.2) is 16.5 Å². The predicted molar refractivity (Wildman–Crippen MR) is 58.0 cm³/mol. The van der Waals surface area contributed by atoms with Gasteiger partial charge in [-0.2, -0.15) is 4.98 Å². The summed E-state index contributed by atoms with van der Waals surface area (Å²) < 4.78 is 0. The highest BCUT2D eigenvalue weighted by atomic mass is 15.3.